The van der Waals surface area contributed by atoms with E-state index in [1.165, 1.54) is 12.2 Å². The number of nitriles is 2. The van der Waals surface area contributed by atoms with Crippen LogP contribution in [0.1, 0.15) is 11.1 Å². The highest BCUT2D eigenvalue weighted by molar-refractivity contribution is 5.85. The molecule has 0 aliphatic rings. The second-order valence-corrected chi connectivity index (χ2v) is 3.12. The summed E-state index contributed by atoms with van der Waals surface area (Å²) >= 11 is 0. The van der Waals surface area contributed by atoms with Crippen LogP contribution in [0.15, 0.2) is 35.9 Å². The Morgan fingerprint density at radius 3 is 2.12 bits per heavy atom. The van der Waals surface area contributed by atoms with E-state index in [1.54, 1.807) is 36.4 Å². The maximum atomic E-state index is 10.3. The van der Waals surface area contributed by atoms with Gasteiger partial charge in [0, 0.05) is 6.08 Å². The lowest BCUT2D eigenvalue weighted by molar-refractivity contribution is -0.131. The summed E-state index contributed by atoms with van der Waals surface area (Å²) in [6.45, 7) is 0. The summed E-state index contributed by atoms with van der Waals surface area (Å²) in [7, 11) is 0. The SMILES string of the molecule is N#CC(C#N)=Cc1ccc(C=CC(=O)O)cc1. The zero-order valence-electron chi connectivity index (χ0n) is 8.79. The Hall–Kier alpha value is -2.85. The van der Waals surface area contributed by atoms with Gasteiger partial charge in [-0.25, -0.2) is 4.79 Å². The Labute approximate surface area is 98.3 Å². The van der Waals surface area contributed by atoms with Crippen LogP contribution in [0.3, 0.4) is 0 Å². The lowest BCUT2D eigenvalue weighted by Crippen LogP contribution is -1.85. The van der Waals surface area contributed by atoms with Crippen molar-refractivity contribution in [1.29, 1.82) is 10.5 Å². The minimum Gasteiger partial charge on any atom is -0.478 e. The molecule has 0 atom stereocenters. The number of aliphatic carboxylic acids is 1. The molecule has 1 N–H and O–H groups in total. The quantitative estimate of drug-likeness (QED) is 0.630. The monoisotopic (exact) mass is 224 g/mol. The number of nitrogens with zero attached hydrogens (tertiary/aromatic N) is 2. The van der Waals surface area contributed by atoms with E-state index in [-0.39, 0.29) is 5.57 Å². The molecule has 0 amide bonds. The van der Waals surface area contributed by atoms with Crippen LogP contribution in [0.5, 0.6) is 0 Å². The van der Waals surface area contributed by atoms with Crippen molar-refractivity contribution in [2.24, 2.45) is 0 Å². The molecular weight excluding hydrogens is 216 g/mol. The van der Waals surface area contributed by atoms with Crippen molar-refractivity contribution in [3.05, 3.63) is 47.0 Å². The summed E-state index contributed by atoms with van der Waals surface area (Å²) in [5, 5.41) is 25.6. The van der Waals surface area contributed by atoms with Crippen molar-refractivity contribution < 1.29 is 9.90 Å². The van der Waals surface area contributed by atoms with Crippen molar-refractivity contribution >= 4 is 18.1 Å². The normalized spacial score (nSPS) is 9.29. The van der Waals surface area contributed by atoms with E-state index in [4.69, 9.17) is 15.6 Å². The zero-order valence-corrected chi connectivity index (χ0v) is 8.79. The van der Waals surface area contributed by atoms with E-state index < -0.39 is 5.97 Å². The van der Waals surface area contributed by atoms with Crippen LogP contribution in [0, 0.1) is 22.7 Å². The molecule has 0 unspecified atom stereocenters. The molecule has 1 rings (SSSR count). The average Bonchev–Trinajstić information content (AvgIpc) is 2.34. The Morgan fingerprint density at radius 2 is 1.65 bits per heavy atom. The lowest BCUT2D eigenvalue weighted by Gasteiger charge is -1.95. The fourth-order valence-electron chi connectivity index (χ4n) is 1.13. The van der Waals surface area contributed by atoms with Gasteiger partial charge in [0.1, 0.15) is 17.7 Å². The van der Waals surface area contributed by atoms with Crippen molar-refractivity contribution in [3.63, 3.8) is 0 Å². The molecule has 0 fully saturated rings. The summed E-state index contributed by atoms with van der Waals surface area (Å²) in [5.41, 5.74) is 1.48. The highest BCUT2D eigenvalue weighted by Crippen LogP contribution is 2.09. The molecule has 4 nitrogen and oxygen atoms in total. The van der Waals surface area contributed by atoms with Gasteiger partial charge in [0.25, 0.3) is 0 Å². The second-order valence-electron chi connectivity index (χ2n) is 3.12. The van der Waals surface area contributed by atoms with Gasteiger partial charge < -0.3 is 5.11 Å². The van der Waals surface area contributed by atoms with Gasteiger partial charge >= 0.3 is 5.97 Å². The Bertz CT molecular complexity index is 539. The number of carbonyl (C=O) groups is 1. The summed E-state index contributed by atoms with van der Waals surface area (Å²) in [6.07, 6.45) is 3.97. The van der Waals surface area contributed by atoms with Crippen molar-refractivity contribution in [2.75, 3.05) is 0 Å². The molecule has 0 spiro atoms. The van der Waals surface area contributed by atoms with Gasteiger partial charge in [0.15, 0.2) is 0 Å². The number of rotatable bonds is 3. The maximum absolute atomic E-state index is 10.3. The molecule has 0 aliphatic carbocycles. The fourth-order valence-corrected chi connectivity index (χ4v) is 1.13. The molecule has 0 heterocycles. The van der Waals surface area contributed by atoms with Gasteiger partial charge in [0.05, 0.1) is 0 Å². The van der Waals surface area contributed by atoms with Crippen molar-refractivity contribution in [3.8, 4) is 12.1 Å². The van der Waals surface area contributed by atoms with Crippen LogP contribution in [0.4, 0.5) is 0 Å². The van der Waals surface area contributed by atoms with Crippen LogP contribution >= 0.6 is 0 Å². The van der Waals surface area contributed by atoms with Gasteiger partial charge in [-0.1, -0.05) is 24.3 Å². The largest absolute Gasteiger partial charge is 0.478 e. The van der Waals surface area contributed by atoms with Crippen molar-refractivity contribution in [1.82, 2.24) is 0 Å². The van der Waals surface area contributed by atoms with Crippen LogP contribution in [-0.2, 0) is 4.79 Å². The van der Waals surface area contributed by atoms with E-state index in [0.717, 1.165) is 17.2 Å². The molecule has 1 aromatic rings. The highest BCUT2D eigenvalue weighted by atomic mass is 16.4. The summed E-state index contributed by atoms with van der Waals surface area (Å²) < 4.78 is 0. The smallest absolute Gasteiger partial charge is 0.328 e. The van der Waals surface area contributed by atoms with Crippen LogP contribution in [0.25, 0.3) is 12.2 Å². The first-order valence-electron chi connectivity index (χ1n) is 4.68. The van der Waals surface area contributed by atoms with E-state index in [1.807, 2.05) is 0 Å². The average molecular weight is 224 g/mol. The molecule has 0 aliphatic heterocycles. The molecule has 0 bridgehead atoms. The zero-order chi connectivity index (χ0) is 12.7. The third-order valence-corrected chi connectivity index (χ3v) is 1.91. The molecular formula is C13H8N2O2. The van der Waals surface area contributed by atoms with Gasteiger partial charge in [-0.05, 0) is 23.3 Å². The minimum atomic E-state index is -1.01. The van der Waals surface area contributed by atoms with Crippen LogP contribution in [0.2, 0.25) is 0 Å². The summed E-state index contributed by atoms with van der Waals surface area (Å²) in [6, 6.07) is 10.3. The number of benzene rings is 1. The molecule has 0 aromatic heterocycles. The first-order chi connectivity index (χ1) is 8.15. The number of hydrogen-bond acceptors (Lipinski definition) is 3. The Kier molecular flexibility index (Phi) is 4.24. The Balaban J connectivity index is 2.90. The summed E-state index contributed by atoms with van der Waals surface area (Å²) in [4.78, 5) is 10.3. The predicted molar refractivity (Wildman–Crippen MR) is 62.3 cm³/mol. The standard InChI is InChI=1S/C13H8N2O2/c14-8-12(9-15)7-11-3-1-10(2-4-11)5-6-13(16)17/h1-7H,(H,16,17). The van der Waals surface area contributed by atoms with Crippen LogP contribution in [-0.4, -0.2) is 11.1 Å². The van der Waals surface area contributed by atoms with Gasteiger partial charge in [0.2, 0.25) is 0 Å². The molecule has 4 heteroatoms. The van der Waals surface area contributed by atoms with E-state index >= 15 is 0 Å². The third kappa shape index (κ3) is 4.03. The Morgan fingerprint density at radius 1 is 1.12 bits per heavy atom. The molecule has 1 aromatic carbocycles. The lowest BCUT2D eigenvalue weighted by atomic mass is 10.1. The third-order valence-electron chi connectivity index (χ3n) is 1.91. The molecule has 0 saturated heterocycles. The van der Waals surface area contributed by atoms with E-state index in [2.05, 4.69) is 0 Å². The minimum absolute atomic E-state index is 0.0267. The first-order valence-corrected chi connectivity index (χ1v) is 4.68. The second kappa shape index (κ2) is 5.89. The predicted octanol–water partition coefficient (Wildman–Crippen LogP) is 2.21. The van der Waals surface area contributed by atoms with Gasteiger partial charge in [-0.15, -0.1) is 0 Å². The van der Waals surface area contributed by atoms with E-state index in [9.17, 15) is 4.79 Å². The molecule has 0 saturated carbocycles. The van der Waals surface area contributed by atoms with E-state index in [0.29, 0.717) is 0 Å². The number of hydrogen-bond donors (Lipinski definition) is 1. The van der Waals surface area contributed by atoms with Gasteiger partial charge in [-0.3, -0.25) is 0 Å². The summed E-state index contributed by atoms with van der Waals surface area (Å²) in [5.74, 6) is -1.01. The van der Waals surface area contributed by atoms with Crippen LogP contribution < -0.4 is 0 Å². The highest BCUT2D eigenvalue weighted by Gasteiger charge is 1.94. The maximum Gasteiger partial charge on any atom is 0.328 e. The van der Waals surface area contributed by atoms with Crippen molar-refractivity contribution in [2.45, 2.75) is 0 Å². The number of carboxylic acid groups (broad SMARTS) is 1. The molecule has 17 heavy (non-hydrogen) atoms. The number of carboxylic acids is 1. The molecule has 82 valence electrons. The van der Waals surface area contributed by atoms with Gasteiger partial charge in [-0.2, -0.15) is 10.5 Å². The number of allylic oxidation sites excluding steroid dienone is 1. The topological polar surface area (TPSA) is 84.9 Å². The molecule has 0 radical (unpaired) electrons. The fraction of sp³-hybridized carbons (Fsp3) is 0. The first kappa shape index (κ1) is 12.2.